The Bertz CT molecular complexity index is 773. The first-order valence-electron chi connectivity index (χ1n) is 7.20. The van der Waals surface area contributed by atoms with E-state index in [-0.39, 0.29) is 19.0 Å². The van der Waals surface area contributed by atoms with Gasteiger partial charge in [-0.3, -0.25) is 4.79 Å². The molecule has 0 fully saturated rings. The molecule has 0 aliphatic carbocycles. The van der Waals surface area contributed by atoms with Crippen LogP contribution < -0.4 is 5.32 Å². The number of sulfonamides is 1. The molecule has 122 valence electrons. The number of nitrogens with zero attached hydrogens (tertiary/aromatic N) is 1. The second kappa shape index (κ2) is 7.39. The van der Waals surface area contributed by atoms with Gasteiger partial charge in [0.05, 0.1) is 12.8 Å². The van der Waals surface area contributed by atoms with Crippen LogP contribution in [0.15, 0.2) is 54.6 Å². The fourth-order valence-electron chi connectivity index (χ4n) is 2.19. The van der Waals surface area contributed by atoms with Crippen LogP contribution >= 0.6 is 0 Å². The number of benzene rings is 2. The van der Waals surface area contributed by atoms with Crippen molar-refractivity contribution in [3.05, 3.63) is 65.7 Å². The van der Waals surface area contributed by atoms with Crippen LogP contribution in [0.25, 0.3) is 0 Å². The molecule has 0 aliphatic rings. The lowest BCUT2D eigenvalue weighted by molar-refractivity contribution is -0.116. The summed E-state index contributed by atoms with van der Waals surface area (Å²) in [6, 6.07) is 16.5. The number of anilines is 1. The normalized spacial score (nSPS) is 11.4. The molecule has 0 aromatic heterocycles. The Morgan fingerprint density at radius 3 is 2.39 bits per heavy atom. The predicted molar refractivity (Wildman–Crippen MR) is 91.5 cm³/mol. The monoisotopic (exact) mass is 332 g/mol. The lowest BCUT2D eigenvalue weighted by Crippen LogP contribution is -2.36. The summed E-state index contributed by atoms with van der Waals surface area (Å²) in [7, 11) is -3.49. The van der Waals surface area contributed by atoms with Crippen molar-refractivity contribution >= 4 is 21.6 Å². The van der Waals surface area contributed by atoms with Crippen LogP contribution in [0, 0.1) is 6.92 Å². The van der Waals surface area contributed by atoms with Crippen molar-refractivity contribution in [3.63, 3.8) is 0 Å². The second-order valence-electron chi connectivity index (χ2n) is 5.43. The predicted octanol–water partition coefficient (Wildman–Crippen LogP) is 2.40. The zero-order valence-corrected chi connectivity index (χ0v) is 14.0. The van der Waals surface area contributed by atoms with Gasteiger partial charge in [0.25, 0.3) is 0 Å². The van der Waals surface area contributed by atoms with Crippen LogP contribution in [0.4, 0.5) is 5.69 Å². The summed E-state index contributed by atoms with van der Waals surface area (Å²) in [5.41, 5.74) is 2.54. The molecule has 0 unspecified atom stereocenters. The van der Waals surface area contributed by atoms with Crippen LogP contribution in [0.2, 0.25) is 0 Å². The summed E-state index contributed by atoms with van der Waals surface area (Å²) in [6.45, 7) is 1.89. The van der Waals surface area contributed by atoms with Crippen LogP contribution in [-0.4, -0.2) is 31.4 Å². The quantitative estimate of drug-likeness (QED) is 0.883. The SMILES string of the molecule is Cc1cccc(CN(CC(=O)Nc2ccccc2)S(C)(=O)=O)c1. The minimum atomic E-state index is -3.49. The standard InChI is InChI=1S/C17H20N2O3S/c1-14-7-6-8-15(11-14)12-19(23(2,21)22)13-17(20)18-16-9-4-3-5-10-16/h3-11H,12-13H2,1-2H3,(H,18,20). The van der Waals surface area contributed by atoms with Crippen LogP contribution in [0.1, 0.15) is 11.1 Å². The van der Waals surface area contributed by atoms with Crippen molar-refractivity contribution in [2.45, 2.75) is 13.5 Å². The zero-order valence-electron chi connectivity index (χ0n) is 13.2. The summed E-state index contributed by atoms with van der Waals surface area (Å²) in [4.78, 5) is 12.1. The Hall–Kier alpha value is -2.18. The third-order valence-corrected chi connectivity index (χ3v) is 4.48. The van der Waals surface area contributed by atoms with Gasteiger partial charge < -0.3 is 5.32 Å². The Morgan fingerprint density at radius 2 is 1.78 bits per heavy atom. The van der Waals surface area contributed by atoms with Gasteiger partial charge in [0.2, 0.25) is 15.9 Å². The average Bonchev–Trinajstić information content (AvgIpc) is 2.46. The summed E-state index contributed by atoms with van der Waals surface area (Å²) >= 11 is 0. The molecule has 23 heavy (non-hydrogen) atoms. The van der Waals surface area contributed by atoms with Gasteiger partial charge in [-0.05, 0) is 24.6 Å². The number of aryl methyl sites for hydroxylation is 1. The molecular weight excluding hydrogens is 312 g/mol. The van der Waals surface area contributed by atoms with Crippen LogP contribution in [0.5, 0.6) is 0 Å². The molecule has 0 saturated carbocycles. The highest BCUT2D eigenvalue weighted by Gasteiger charge is 2.20. The van der Waals surface area contributed by atoms with Gasteiger partial charge in [-0.1, -0.05) is 48.0 Å². The fourth-order valence-corrected chi connectivity index (χ4v) is 2.92. The molecule has 1 N–H and O–H groups in total. The minimum Gasteiger partial charge on any atom is -0.325 e. The topological polar surface area (TPSA) is 66.5 Å². The van der Waals surface area contributed by atoms with Crippen LogP contribution in [0.3, 0.4) is 0 Å². The van der Waals surface area contributed by atoms with E-state index >= 15 is 0 Å². The Balaban J connectivity index is 2.09. The molecule has 2 rings (SSSR count). The lowest BCUT2D eigenvalue weighted by atomic mass is 10.1. The van der Waals surface area contributed by atoms with Crippen molar-refractivity contribution in [2.24, 2.45) is 0 Å². The highest BCUT2D eigenvalue weighted by molar-refractivity contribution is 7.88. The van der Waals surface area contributed by atoms with Gasteiger partial charge in [0.15, 0.2) is 0 Å². The van der Waals surface area contributed by atoms with Gasteiger partial charge >= 0.3 is 0 Å². The first kappa shape index (κ1) is 17.2. The molecule has 0 saturated heterocycles. The molecule has 2 aromatic rings. The van der Waals surface area contributed by atoms with Gasteiger partial charge in [-0.2, -0.15) is 4.31 Å². The van der Waals surface area contributed by atoms with E-state index in [1.807, 2.05) is 37.3 Å². The number of hydrogen-bond acceptors (Lipinski definition) is 3. The van der Waals surface area contributed by atoms with Gasteiger partial charge in [0, 0.05) is 12.2 Å². The Morgan fingerprint density at radius 1 is 1.09 bits per heavy atom. The second-order valence-corrected chi connectivity index (χ2v) is 7.42. The Kier molecular flexibility index (Phi) is 5.52. The number of rotatable bonds is 6. The van der Waals surface area contributed by atoms with E-state index in [4.69, 9.17) is 0 Å². The number of amides is 1. The zero-order chi connectivity index (χ0) is 16.9. The first-order chi connectivity index (χ1) is 10.8. The number of hydrogen-bond donors (Lipinski definition) is 1. The summed E-state index contributed by atoms with van der Waals surface area (Å²) in [6.07, 6.45) is 1.11. The van der Waals surface area contributed by atoms with Crippen molar-refractivity contribution in [1.82, 2.24) is 4.31 Å². The van der Waals surface area contributed by atoms with E-state index in [0.717, 1.165) is 17.4 Å². The molecular formula is C17H20N2O3S. The highest BCUT2D eigenvalue weighted by Crippen LogP contribution is 2.11. The minimum absolute atomic E-state index is 0.169. The fraction of sp³-hybridized carbons (Fsp3) is 0.235. The van der Waals surface area contributed by atoms with E-state index < -0.39 is 10.0 Å². The molecule has 6 heteroatoms. The first-order valence-corrected chi connectivity index (χ1v) is 9.05. The molecule has 0 heterocycles. The molecule has 2 aromatic carbocycles. The number of carbonyl (C=O) groups excluding carboxylic acids is 1. The van der Waals surface area contributed by atoms with E-state index in [1.54, 1.807) is 24.3 Å². The number of para-hydroxylation sites is 1. The molecule has 0 bridgehead atoms. The summed E-state index contributed by atoms with van der Waals surface area (Å²) < 4.78 is 25.1. The number of nitrogens with one attached hydrogen (secondary N) is 1. The van der Waals surface area contributed by atoms with E-state index in [1.165, 1.54) is 4.31 Å². The van der Waals surface area contributed by atoms with Gasteiger partial charge in [-0.15, -0.1) is 0 Å². The van der Waals surface area contributed by atoms with Crippen LogP contribution in [-0.2, 0) is 21.4 Å². The van der Waals surface area contributed by atoms with E-state index in [2.05, 4.69) is 5.32 Å². The molecule has 5 nitrogen and oxygen atoms in total. The van der Waals surface area contributed by atoms with E-state index in [0.29, 0.717) is 5.69 Å². The summed E-state index contributed by atoms with van der Waals surface area (Å²) in [5, 5.41) is 2.70. The highest BCUT2D eigenvalue weighted by atomic mass is 32.2. The van der Waals surface area contributed by atoms with Crippen molar-refractivity contribution in [1.29, 1.82) is 0 Å². The van der Waals surface area contributed by atoms with Crippen molar-refractivity contribution in [2.75, 3.05) is 18.1 Å². The summed E-state index contributed by atoms with van der Waals surface area (Å²) in [5.74, 6) is -0.366. The third-order valence-electron chi connectivity index (χ3n) is 3.29. The van der Waals surface area contributed by atoms with Crippen molar-refractivity contribution in [3.8, 4) is 0 Å². The average molecular weight is 332 g/mol. The van der Waals surface area contributed by atoms with E-state index in [9.17, 15) is 13.2 Å². The van der Waals surface area contributed by atoms with Crippen molar-refractivity contribution < 1.29 is 13.2 Å². The maximum Gasteiger partial charge on any atom is 0.239 e. The smallest absolute Gasteiger partial charge is 0.239 e. The molecule has 0 radical (unpaired) electrons. The lowest BCUT2D eigenvalue weighted by Gasteiger charge is -2.20. The van der Waals surface area contributed by atoms with Gasteiger partial charge in [-0.25, -0.2) is 8.42 Å². The largest absolute Gasteiger partial charge is 0.325 e. The molecule has 0 aliphatic heterocycles. The molecule has 0 spiro atoms. The Labute approximate surface area is 137 Å². The van der Waals surface area contributed by atoms with Gasteiger partial charge in [0.1, 0.15) is 0 Å². The maximum atomic E-state index is 12.1. The third kappa shape index (κ3) is 5.50. The number of carbonyl (C=O) groups is 1. The molecule has 0 atom stereocenters. The molecule has 1 amide bonds. The maximum absolute atomic E-state index is 12.1.